The lowest BCUT2D eigenvalue weighted by molar-refractivity contribution is 0.207. The Labute approximate surface area is 71.0 Å². The summed E-state index contributed by atoms with van der Waals surface area (Å²) in [5.41, 5.74) is 0. The maximum absolute atomic E-state index is 3.18. The highest BCUT2D eigenvalue weighted by Gasteiger charge is 2.05. The van der Waals surface area contributed by atoms with E-state index in [0.717, 1.165) is 6.67 Å². The second kappa shape index (κ2) is 6.62. The Morgan fingerprint density at radius 1 is 1.36 bits per heavy atom. The molecule has 0 bridgehead atoms. The van der Waals surface area contributed by atoms with Gasteiger partial charge in [0.15, 0.2) is 0 Å². The van der Waals surface area contributed by atoms with E-state index in [4.69, 9.17) is 0 Å². The molecule has 0 saturated carbocycles. The van der Waals surface area contributed by atoms with Gasteiger partial charge >= 0.3 is 0 Å². The molecule has 0 radical (unpaired) electrons. The molecular weight excluding hydrogens is 136 g/mol. The van der Waals surface area contributed by atoms with Gasteiger partial charge in [-0.25, -0.2) is 0 Å². The average molecular weight is 158 g/mol. The van der Waals surface area contributed by atoms with Crippen molar-refractivity contribution in [2.45, 2.75) is 39.7 Å². The van der Waals surface area contributed by atoms with Crippen LogP contribution >= 0.6 is 0 Å². The van der Waals surface area contributed by atoms with Gasteiger partial charge in [0.1, 0.15) is 0 Å². The first-order valence-corrected chi connectivity index (χ1v) is 4.61. The standard InChI is InChI=1S/C9H22N2/c1-5-6-7-11(8-10-4)9(2)3/h9-10H,5-8H2,1-4H3. The Morgan fingerprint density at radius 3 is 2.36 bits per heavy atom. The lowest BCUT2D eigenvalue weighted by atomic mass is 10.3. The molecule has 68 valence electrons. The van der Waals surface area contributed by atoms with Crippen LogP contribution in [0.15, 0.2) is 0 Å². The van der Waals surface area contributed by atoms with Crippen LogP contribution < -0.4 is 5.32 Å². The lowest BCUT2D eigenvalue weighted by Crippen LogP contribution is -2.38. The number of unbranched alkanes of at least 4 members (excludes halogenated alkanes) is 1. The summed E-state index contributed by atoms with van der Waals surface area (Å²) in [7, 11) is 2.00. The van der Waals surface area contributed by atoms with Crippen LogP contribution in [0, 0.1) is 0 Å². The Morgan fingerprint density at radius 2 is 2.00 bits per heavy atom. The average Bonchev–Trinajstić information content (AvgIpc) is 1.97. The van der Waals surface area contributed by atoms with Crippen molar-refractivity contribution in [1.82, 2.24) is 10.2 Å². The number of hydrogen-bond acceptors (Lipinski definition) is 2. The van der Waals surface area contributed by atoms with Crippen molar-refractivity contribution in [3.05, 3.63) is 0 Å². The molecule has 0 saturated heterocycles. The summed E-state index contributed by atoms with van der Waals surface area (Å²) in [5.74, 6) is 0. The van der Waals surface area contributed by atoms with Crippen LogP contribution in [0.3, 0.4) is 0 Å². The largest absolute Gasteiger partial charge is 0.307 e. The van der Waals surface area contributed by atoms with Gasteiger partial charge in [0.25, 0.3) is 0 Å². The molecule has 0 unspecified atom stereocenters. The predicted molar refractivity (Wildman–Crippen MR) is 50.7 cm³/mol. The fourth-order valence-corrected chi connectivity index (χ4v) is 1.08. The highest BCUT2D eigenvalue weighted by Crippen LogP contribution is 1.99. The molecule has 1 N–H and O–H groups in total. The van der Waals surface area contributed by atoms with Gasteiger partial charge in [-0.1, -0.05) is 13.3 Å². The van der Waals surface area contributed by atoms with Crippen LogP contribution in [-0.4, -0.2) is 31.2 Å². The first-order valence-electron chi connectivity index (χ1n) is 4.61. The van der Waals surface area contributed by atoms with Crippen molar-refractivity contribution in [3.8, 4) is 0 Å². The Hall–Kier alpha value is -0.0800. The van der Waals surface area contributed by atoms with Gasteiger partial charge in [0.05, 0.1) is 0 Å². The van der Waals surface area contributed by atoms with Crippen molar-refractivity contribution in [2.24, 2.45) is 0 Å². The molecule has 0 amide bonds. The molecule has 0 aromatic heterocycles. The molecule has 0 spiro atoms. The summed E-state index contributed by atoms with van der Waals surface area (Å²) >= 11 is 0. The molecular formula is C9H22N2. The minimum Gasteiger partial charge on any atom is -0.307 e. The van der Waals surface area contributed by atoms with Crippen LogP contribution in [0.5, 0.6) is 0 Å². The molecule has 0 aliphatic carbocycles. The third-order valence-corrected chi connectivity index (χ3v) is 1.89. The van der Waals surface area contributed by atoms with Crippen molar-refractivity contribution in [1.29, 1.82) is 0 Å². The topological polar surface area (TPSA) is 15.3 Å². The maximum atomic E-state index is 3.18. The van der Waals surface area contributed by atoms with Crippen molar-refractivity contribution in [3.63, 3.8) is 0 Å². The maximum Gasteiger partial charge on any atom is 0.0480 e. The summed E-state index contributed by atoms with van der Waals surface area (Å²) in [4.78, 5) is 2.45. The summed E-state index contributed by atoms with van der Waals surface area (Å²) in [5, 5.41) is 3.18. The zero-order chi connectivity index (χ0) is 8.69. The molecule has 0 aromatic rings. The van der Waals surface area contributed by atoms with E-state index in [-0.39, 0.29) is 0 Å². The molecule has 0 heterocycles. The molecule has 0 aliphatic heterocycles. The molecule has 0 rings (SSSR count). The van der Waals surface area contributed by atoms with Crippen LogP contribution in [0.2, 0.25) is 0 Å². The zero-order valence-electron chi connectivity index (χ0n) is 8.35. The lowest BCUT2D eigenvalue weighted by Gasteiger charge is -2.25. The van der Waals surface area contributed by atoms with Gasteiger partial charge in [0, 0.05) is 12.7 Å². The van der Waals surface area contributed by atoms with Crippen LogP contribution in [0.25, 0.3) is 0 Å². The zero-order valence-corrected chi connectivity index (χ0v) is 8.35. The highest BCUT2D eigenvalue weighted by atomic mass is 15.2. The van der Waals surface area contributed by atoms with Crippen LogP contribution in [0.4, 0.5) is 0 Å². The minimum atomic E-state index is 0.661. The smallest absolute Gasteiger partial charge is 0.0480 e. The Kier molecular flexibility index (Phi) is 6.57. The van der Waals surface area contributed by atoms with E-state index in [1.54, 1.807) is 0 Å². The first-order chi connectivity index (χ1) is 5.22. The summed E-state index contributed by atoms with van der Waals surface area (Å²) in [6.45, 7) is 8.95. The molecule has 0 aliphatic rings. The Bertz CT molecular complexity index is 81.6. The van der Waals surface area contributed by atoms with E-state index in [9.17, 15) is 0 Å². The van der Waals surface area contributed by atoms with Crippen molar-refractivity contribution in [2.75, 3.05) is 20.3 Å². The van der Waals surface area contributed by atoms with E-state index in [1.165, 1.54) is 19.4 Å². The summed E-state index contributed by atoms with van der Waals surface area (Å²) in [6, 6.07) is 0.661. The number of nitrogens with one attached hydrogen (secondary N) is 1. The van der Waals surface area contributed by atoms with Gasteiger partial charge in [-0.15, -0.1) is 0 Å². The Balaban J connectivity index is 3.51. The fourth-order valence-electron chi connectivity index (χ4n) is 1.08. The van der Waals surface area contributed by atoms with E-state index >= 15 is 0 Å². The van der Waals surface area contributed by atoms with Crippen LogP contribution in [-0.2, 0) is 0 Å². The van der Waals surface area contributed by atoms with Crippen molar-refractivity contribution < 1.29 is 0 Å². The van der Waals surface area contributed by atoms with Gasteiger partial charge in [-0.05, 0) is 33.9 Å². The number of rotatable bonds is 6. The third kappa shape index (κ3) is 5.22. The summed E-state index contributed by atoms with van der Waals surface area (Å²) < 4.78 is 0. The number of nitrogens with zero attached hydrogens (tertiary/aromatic N) is 1. The molecule has 2 heteroatoms. The van der Waals surface area contributed by atoms with E-state index in [0.29, 0.717) is 6.04 Å². The normalized spacial score (nSPS) is 11.5. The highest BCUT2D eigenvalue weighted by molar-refractivity contribution is 4.59. The molecule has 0 fully saturated rings. The molecule has 0 aromatic carbocycles. The minimum absolute atomic E-state index is 0.661. The summed E-state index contributed by atoms with van der Waals surface area (Å²) in [6.07, 6.45) is 2.59. The molecule has 11 heavy (non-hydrogen) atoms. The van der Waals surface area contributed by atoms with Crippen molar-refractivity contribution >= 4 is 0 Å². The van der Waals surface area contributed by atoms with Gasteiger partial charge in [0.2, 0.25) is 0 Å². The van der Waals surface area contributed by atoms with Crippen LogP contribution in [0.1, 0.15) is 33.6 Å². The van der Waals surface area contributed by atoms with E-state index < -0.39 is 0 Å². The van der Waals surface area contributed by atoms with Gasteiger partial charge in [-0.3, -0.25) is 4.90 Å². The quantitative estimate of drug-likeness (QED) is 0.592. The van der Waals surface area contributed by atoms with Gasteiger partial charge in [-0.2, -0.15) is 0 Å². The van der Waals surface area contributed by atoms with E-state index in [1.807, 2.05) is 7.05 Å². The van der Waals surface area contributed by atoms with Gasteiger partial charge < -0.3 is 5.32 Å². The fraction of sp³-hybridized carbons (Fsp3) is 1.00. The predicted octanol–water partition coefficient (Wildman–Crippen LogP) is 1.67. The second-order valence-electron chi connectivity index (χ2n) is 3.27. The monoisotopic (exact) mass is 158 g/mol. The van der Waals surface area contributed by atoms with E-state index in [2.05, 4.69) is 31.0 Å². The second-order valence-corrected chi connectivity index (χ2v) is 3.27. The number of hydrogen-bond donors (Lipinski definition) is 1. The SMILES string of the molecule is CCCCN(CNC)C(C)C. The molecule has 2 nitrogen and oxygen atoms in total. The third-order valence-electron chi connectivity index (χ3n) is 1.89. The molecule has 0 atom stereocenters. The first kappa shape index (κ1) is 10.9.